The van der Waals surface area contributed by atoms with Crippen LogP contribution in [0.2, 0.25) is 0 Å². The molecule has 7 heteroatoms. The molecule has 0 radical (unpaired) electrons. The monoisotopic (exact) mass is 338 g/mol. The number of H-pyrrole nitrogens is 1. The second-order valence-electron chi connectivity index (χ2n) is 6.06. The highest BCUT2D eigenvalue weighted by Gasteiger charge is 2.18. The fourth-order valence-electron chi connectivity index (χ4n) is 3.09. The Hall–Kier alpha value is -2.93. The second-order valence-corrected chi connectivity index (χ2v) is 6.06. The highest BCUT2D eigenvalue weighted by Crippen LogP contribution is 2.23. The number of hydrogen-bond acceptors (Lipinski definition) is 4. The van der Waals surface area contributed by atoms with E-state index in [0.717, 1.165) is 25.9 Å². The van der Waals surface area contributed by atoms with E-state index in [0.29, 0.717) is 22.0 Å². The number of carbonyl (C=O) groups is 1. The molecule has 1 aliphatic rings. The molecule has 0 bridgehead atoms. The third-order valence-electron chi connectivity index (χ3n) is 4.36. The standard InChI is InChI=1S/C18H18N4O3/c23-17-14-6-2-1-5-13(14)15(10-19-17)18(24)21-12-9-20-22(11-12)16-7-3-4-8-25-16/h1-2,5-6,9-11,16H,3-4,7-8H2,(H,19,23)(H,21,24). The molecule has 128 valence electrons. The predicted octanol–water partition coefficient (Wildman–Crippen LogP) is 2.68. The highest BCUT2D eigenvalue weighted by molar-refractivity contribution is 6.12. The van der Waals surface area contributed by atoms with Crippen molar-refractivity contribution in [3.8, 4) is 0 Å². The van der Waals surface area contributed by atoms with Crippen molar-refractivity contribution in [3.63, 3.8) is 0 Å². The van der Waals surface area contributed by atoms with Crippen LogP contribution in [0.25, 0.3) is 10.8 Å². The minimum absolute atomic E-state index is 0.0756. The number of nitrogens with zero attached hydrogens (tertiary/aromatic N) is 2. The molecule has 0 saturated carbocycles. The van der Waals surface area contributed by atoms with Crippen LogP contribution in [0.1, 0.15) is 35.8 Å². The number of ether oxygens (including phenoxy) is 1. The van der Waals surface area contributed by atoms with Gasteiger partial charge in [0.05, 0.1) is 23.6 Å². The lowest BCUT2D eigenvalue weighted by Gasteiger charge is -2.22. The van der Waals surface area contributed by atoms with Crippen LogP contribution in [0.4, 0.5) is 5.69 Å². The van der Waals surface area contributed by atoms with Gasteiger partial charge in [0.15, 0.2) is 0 Å². The van der Waals surface area contributed by atoms with Gasteiger partial charge in [0.1, 0.15) is 6.23 Å². The van der Waals surface area contributed by atoms with E-state index in [1.54, 1.807) is 41.3 Å². The third kappa shape index (κ3) is 3.06. The molecule has 2 aromatic heterocycles. The first-order chi connectivity index (χ1) is 12.2. The lowest BCUT2D eigenvalue weighted by Crippen LogP contribution is -2.18. The van der Waals surface area contributed by atoms with Crippen molar-refractivity contribution in [1.29, 1.82) is 0 Å². The average Bonchev–Trinajstić information content (AvgIpc) is 3.11. The molecule has 7 nitrogen and oxygen atoms in total. The van der Waals surface area contributed by atoms with E-state index in [-0.39, 0.29) is 17.7 Å². The molecule has 0 spiro atoms. The Morgan fingerprint density at radius 3 is 2.92 bits per heavy atom. The molecule has 1 aliphatic heterocycles. The Bertz CT molecular complexity index is 970. The molecule has 2 N–H and O–H groups in total. The molecular weight excluding hydrogens is 320 g/mol. The van der Waals surface area contributed by atoms with E-state index < -0.39 is 0 Å². The summed E-state index contributed by atoms with van der Waals surface area (Å²) in [5.74, 6) is -0.295. The molecule has 4 rings (SSSR count). The van der Waals surface area contributed by atoms with Gasteiger partial charge in [-0.1, -0.05) is 18.2 Å². The molecule has 1 atom stereocenters. The van der Waals surface area contributed by atoms with Gasteiger partial charge in [-0.3, -0.25) is 9.59 Å². The van der Waals surface area contributed by atoms with E-state index in [9.17, 15) is 9.59 Å². The van der Waals surface area contributed by atoms with Crippen LogP contribution in [-0.4, -0.2) is 27.3 Å². The first-order valence-electron chi connectivity index (χ1n) is 8.30. The summed E-state index contributed by atoms with van der Waals surface area (Å²) in [7, 11) is 0. The summed E-state index contributed by atoms with van der Waals surface area (Å²) >= 11 is 0. The van der Waals surface area contributed by atoms with Crippen molar-refractivity contribution in [2.75, 3.05) is 11.9 Å². The maximum absolute atomic E-state index is 12.6. The normalized spacial score (nSPS) is 17.5. The topological polar surface area (TPSA) is 89.0 Å². The smallest absolute Gasteiger partial charge is 0.257 e. The number of nitrogens with one attached hydrogen (secondary N) is 2. The van der Waals surface area contributed by atoms with Gasteiger partial charge >= 0.3 is 0 Å². The lowest BCUT2D eigenvalue weighted by atomic mass is 10.1. The number of benzene rings is 1. The number of aromatic amines is 1. The zero-order valence-corrected chi connectivity index (χ0v) is 13.6. The summed E-state index contributed by atoms with van der Waals surface area (Å²) < 4.78 is 7.42. The summed E-state index contributed by atoms with van der Waals surface area (Å²) in [6.07, 6.45) is 7.82. The van der Waals surface area contributed by atoms with Gasteiger partial charge in [-0.2, -0.15) is 5.10 Å². The van der Waals surface area contributed by atoms with Gasteiger partial charge in [-0.25, -0.2) is 4.68 Å². The number of carbonyl (C=O) groups excluding carboxylic acids is 1. The van der Waals surface area contributed by atoms with Crippen LogP contribution in [0.3, 0.4) is 0 Å². The van der Waals surface area contributed by atoms with Crippen molar-refractivity contribution in [3.05, 3.63) is 58.8 Å². The van der Waals surface area contributed by atoms with Crippen LogP contribution in [-0.2, 0) is 4.74 Å². The minimum atomic E-state index is -0.295. The Kier molecular flexibility index (Phi) is 4.07. The third-order valence-corrected chi connectivity index (χ3v) is 4.36. The number of pyridine rings is 1. The Morgan fingerprint density at radius 1 is 1.28 bits per heavy atom. The van der Waals surface area contributed by atoms with Crippen LogP contribution < -0.4 is 10.9 Å². The molecule has 0 aliphatic carbocycles. The number of aromatic nitrogens is 3. The molecule has 1 aromatic carbocycles. The van der Waals surface area contributed by atoms with Crippen LogP contribution >= 0.6 is 0 Å². The van der Waals surface area contributed by atoms with Crippen molar-refractivity contribution in [2.45, 2.75) is 25.5 Å². The van der Waals surface area contributed by atoms with E-state index in [2.05, 4.69) is 15.4 Å². The number of rotatable bonds is 3. The number of hydrogen-bond donors (Lipinski definition) is 2. The van der Waals surface area contributed by atoms with Gasteiger partial charge in [-0.15, -0.1) is 0 Å². The van der Waals surface area contributed by atoms with E-state index in [4.69, 9.17) is 4.74 Å². The molecule has 3 aromatic rings. The van der Waals surface area contributed by atoms with E-state index in [1.165, 1.54) is 6.20 Å². The van der Waals surface area contributed by atoms with Crippen molar-refractivity contribution < 1.29 is 9.53 Å². The van der Waals surface area contributed by atoms with E-state index in [1.807, 2.05) is 0 Å². The second kappa shape index (κ2) is 6.52. The minimum Gasteiger partial charge on any atom is -0.357 e. The maximum atomic E-state index is 12.6. The van der Waals surface area contributed by atoms with Gasteiger partial charge in [0.2, 0.25) is 0 Å². The van der Waals surface area contributed by atoms with Crippen molar-refractivity contribution in [1.82, 2.24) is 14.8 Å². The highest BCUT2D eigenvalue weighted by atomic mass is 16.5. The summed E-state index contributed by atoms with van der Waals surface area (Å²) in [5, 5.41) is 8.22. The zero-order chi connectivity index (χ0) is 17.2. The predicted molar refractivity (Wildman–Crippen MR) is 93.6 cm³/mol. The van der Waals surface area contributed by atoms with Gasteiger partial charge in [-0.05, 0) is 25.3 Å². The Morgan fingerprint density at radius 2 is 2.12 bits per heavy atom. The van der Waals surface area contributed by atoms with Gasteiger partial charge in [0.25, 0.3) is 11.5 Å². The SMILES string of the molecule is O=C(Nc1cnn(C2CCCCO2)c1)c1c[nH]c(=O)c2ccccc12. The van der Waals surface area contributed by atoms with E-state index >= 15 is 0 Å². The largest absolute Gasteiger partial charge is 0.357 e. The van der Waals surface area contributed by atoms with Crippen LogP contribution in [0.15, 0.2) is 47.7 Å². The Labute approximate surface area is 143 Å². The summed E-state index contributed by atoms with van der Waals surface area (Å²) in [6.45, 7) is 0.732. The first-order valence-corrected chi connectivity index (χ1v) is 8.30. The quantitative estimate of drug-likeness (QED) is 0.768. The molecule has 1 saturated heterocycles. The fraction of sp³-hybridized carbons (Fsp3) is 0.278. The summed E-state index contributed by atoms with van der Waals surface area (Å²) in [4.78, 5) is 27.1. The molecule has 3 heterocycles. The molecule has 25 heavy (non-hydrogen) atoms. The van der Waals surface area contributed by atoms with Crippen molar-refractivity contribution >= 4 is 22.4 Å². The van der Waals surface area contributed by atoms with Gasteiger partial charge < -0.3 is 15.0 Å². The molecule has 1 fully saturated rings. The van der Waals surface area contributed by atoms with Gasteiger partial charge in [0, 0.05) is 23.6 Å². The zero-order valence-electron chi connectivity index (χ0n) is 13.6. The number of anilines is 1. The number of amides is 1. The summed E-state index contributed by atoms with van der Waals surface area (Å²) in [6, 6.07) is 7.03. The maximum Gasteiger partial charge on any atom is 0.257 e. The first kappa shape index (κ1) is 15.6. The molecule has 1 amide bonds. The summed E-state index contributed by atoms with van der Waals surface area (Å²) in [5.41, 5.74) is 0.792. The van der Waals surface area contributed by atoms with Crippen LogP contribution in [0.5, 0.6) is 0 Å². The fourth-order valence-corrected chi connectivity index (χ4v) is 3.09. The van der Waals surface area contributed by atoms with Crippen molar-refractivity contribution in [2.24, 2.45) is 0 Å². The number of fused-ring (bicyclic) bond motifs is 1. The van der Waals surface area contributed by atoms with Crippen LogP contribution in [0, 0.1) is 0 Å². The Balaban J connectivity index is 1.58. The lowest BCUT2D eigenvalue weighted by molar-refractivity contribution is -0.0394. The average molecular weight is 338 g/mol. The molecule has 1 unspecified atom stereocenters. The molecular formula is C18H18N4O3.